The van der Waals surface area contributed by atoms with Gasteiger partial charge in [0.1, 0.15) is 0 Å². The van der Waals surface area contributed by atoms with Crippen molar-refractivity contribution in [3.63, 3.8) is 0 Å². The molecule has 0 saturated carbocycles. The number of nitrogens with zero attached hydrogens (tertiary/aromatic N) is 1. The molecule has 0 aliphatic heterocycles. The molecule has 0 heterocycles. The fraction of sp³-hybridized carbons (Fsp3) is 0.294. The Bertz CT molecular complexity index is 472. The second-order valence-corrected chi connectivity index (χ2v) is 4.57. The highest BCUT2D eigenvalue weighted by Gasteiger charge is 2.01. The molecule has 0 unspecified atom stereocenters. The Hall–Kier alpha value is -1.80. The molecule has 2 rings (SSSR count). The van der Waals surface area contributed by atoms with Crippen molar-refractivity contribution in [1.82, 2.24) is 4.90 Å². The highest BCUT2D eigenvalue weighted by Crippen LogP contribution is 2.17. The van der Waals surface area contributed by atoms with Gasteiger partial charge in [-0.25, -0.2) is 0 Å². The first kappa shape index (κ1) is 13.6. The maximum atomic E-state index is 3.38. The third-order valence-corrected chi connectivity index (χ3v) is 3.26. The zero-order valence-corrected chi connectivity index (χ0v) is 11.7. The fourth-order valence-electron chi connectivity index (χ4n) is 2.04. The fourth-order valence-corrected chi connectivity index (χ4v) is 2.04. The number of rotatable bonds is 6. The minimum absolute atomic E-state index is 1.02. The number of nitrogens with one attached hydrogen (secondary N) is 1. The first-order chi connectivity index (χ1) is 9.31. The first-order valence-electron chi connectivity index (χ1n) is 6.86. The summed E-state index contributed by atoms with van der Waals surface area (Å²) in [5.74, 6) is 0. The van der Waals surface area contributed by atoms with Crippen LogP contribution in [0.2, 0.25) is 0 Å². The standard InChI is InChI=1S/C17H21N2/c1-3-19(4-2)14-15-10-12-17(13-11-15)18-16-8-6-5-7-9-16/h6-13,18H,3-4,14H2,1-2H3. The van der Waals surface area contributed by atoms with Crippen molar-refractivity contribution in [2.24, 2.45) is 0 Å². The Morgan fingerprint density at radius 1 is 0.895 bits per heavy atom. The SMILES string of the molecule is CCN(CC)Cc1ccc(Nc2cc[c]cc2)cc1. The summed E-state index contributed by atoms with van der Waals surface area (Å²) < 4.78 is 0. The molecule has 2 heteroatoms. The number of benzene rings is 2. The predicted octanol–water partition coefficient (Wildman–Crippen LogP) is 4.07. The van der Waals surface area contributed by atoms with Crippen molar-refractivity contribution in [1.29, 1.82) is 0 Å². The molecular weight excluding hydrogens is 232 g/mol. The van der Waals surface area contributed by atoms with Crippen molar-refractivity contribution in [2.45, 2.75) is 20.4 Å². The molecule has 0 amide bonds. The van der Waals surface area contributed by atoms with Gasteiger partial charge in [0.15, 0.2) is 0 Å². The molecule has 0 saturated heterocycles. The third-order valence-electron chi connectivity index (χ3n) is 3.26. The van der Waals surface area contributed by atoms with Gasteiger partial charge in [0.25, 0.3) is 0 Å². The van der Waals surface area contributed by atoms with E-state index in [2.05, 4.69) is 54.4 Å². The van der Waals surface area contributed by atoms with Crippen LogP contribution in [0, 0.1) is 6.07 Å². The van der Waals surface area contributed by atoms with Gasteiger partial charge in [-0.2, -0.15) is 0 Å². The second kappa shape index (κ2) is 6.95. The smallest absolute Gasteiger partial charge is 0.0384 e. The lowest BCUT2D eigenvalue weighted by Gasteiger charge is -2.18. The quantitative estimate of drug-likeness (QED) is 0.834. The van der Waals surface area contributed by atoms with Gasteiger partial charge >= 0.3 is 0 Å². The largest absolute Gasteiger partial charge is 0.356 e. The van der Waals surface area contributed by atoms with Gasteiger partial charge in [0, 0.05) is 17.9 Å². The van der Waals surface area contributed by atoms with E-state index in [0.717, 1.165) is 31.0 Å². The molecule has 0 aliphatic carbocycles. The Morgan fingerprint density at radius 3 is 2.05 bits per heavy atom. The highest BCUT2D eigenvalue weighted by atomic mass is 15.1. The number of anilines is 2. The minimum Gasteiger partial charge on any atom is -0.356 e. The van der Waals surface area contributed by atoms with Crippen LogP contribution < -0.4 is 5.32 Å². The van der Waals surface area contributed by atoms with Crippen LogP contribution >= 0.6 is 0 Å². The van der Waals surface area contributed by atoms with E-state index in [1.807, 2.05) is 24.3 Å². The Morgan fingerprint density at radius 2 is 1.47 bits per heavy atom. The van der Waals surface area contributed by atoms with Crippen LogP contribution in [-0.2, 0) is 6.54 Å². The maximum Gasteiger partial charge on any atom is 0.0384 e. The van der Waals surface area contributed by atoms with E-state index in [1.165, 1.54) is 5.56 Å². The summed E-state index contributed by atoms with van der Waals surface area (Å²) in [6, 6.07) is 19.5. The van der Waals surface area contributed by atoms with Crippen LogP contribution in [0.25, 0.3) is 0 Å². The molecule has 2 aromatic rings. The number of hydrogen-bond donors (Lipinski definition) is 1. The first-order valence-corrected chi connectivity index (χ1v) is 6.86. The van der Waals surface area contributed by atoms with Gasteiger partial charge in [0.2, 0.25) is 0 Å². The van der Waals surface area contributed by atoms with E-state index < -0.39 is 0 Å². The van der Waals surface area contributed by atoms with Crippen molar-refractivity contribution in [3.05, 3.63) is 60.2 Å². The van der Waals surface area contributed by atoms with Gasteiger partial charge in [-0.3, -0.25) is 4.90 Å². The Labute approximate surface area is 116 Å². The minimum atomic E-state index is 1.02. The summed E-state index contributed by atoms with van der Waals surface area (Å²) in [6.45, 7) is 7.61. The Balaban J connectivity index is 1.98. The topological polar surface area (TPSA) is 15.3 Å². The molecule has 0 bridgehead atoms. The van der Waals surface area contributed by atoms with Crippen molar-refractivity contribution < 1.29 is 0 Å². The van der Waals surface area contributed by atoms with Crippen LogP contribution in [0.4, 0.5) is 11.4 Å². The van der Waals surface area contributed by atoms with Crippen molar-refractivity contribution >= 4 is 11.4 Å². The molecule has 2 nitrogen and oxygen atoms in total. The zero-order chi connectivity index (χ0) is 13.5. The normalized spacial score (nSPS) is 10.7. The van der Waals surface area contributed by atoms with E-state index in [9.17, 15) is 0 Å². The van der Waals surface area contributed by atoms with E-state index in [-0.39, 0.29) is 0 Å². The van der Waals surface area contributed by atoms with Crippen LogP contribution in [-0.4, -0.2) is 18.0 Å². The molecular formula is C17H21N2. The molecule has 99 valence electrons. The van der Waals surface area contributed by atoms with Crippen LogP contribution in [0.1, 0.15) is 19.4 Å². The average molecular weight is 253 g/mol. The maximum absolute atomic E-state index is 3.38. The molecule has 0 atom stereocenters. The average Bonchev–Trinajstić information content (AvgIpc) is 2.47. The van der Waals surface area contributed by atoms with Crippen molar-refractivity contribution in [2.75, 3.05) is 18.4 Å². The van der Waals surface area contributed by atoms with Crippen LogP contribution in [0.5, 0.6) is 0 Å². The van der Waals surface area contributed by atoms with Gasteiger partial charge in [-0.05, 0) is 49.0 Å². The van der Waals surface area contributed by atoms with E-state index in [0.29, 0.717) is 0 Å². The molecule has 2 aromatic carbocycles. The second-order valence-electron chi connectivity index (χ2n) is 4.57. The molecule has 1 N–H and O–H groups in total. The molecule has 0 fully saturated rings. The predicted molar refractivity (Wildman–Crippen MR) is 81.6 cm³/mol. The lowest BCUT2D eigenvalue weighted by Crippen LogP contribution is -2.21. The summed E-state index contributed by atoms with van der Waals surface area (Å²) in [7, 11) is 0. The lowest BCUT2D eigenvalue weighted by molar-refractivity contribution is 0.296. The van der Waals surface area contributed by atoms with Crippen molar-refractivity contribution in [3.8, 4) is 0 Å². The summed E-state index contributed by atoms with van der Waals surface area (Å²) in [6.07, 6.45) is 0. The molecule has 1 radical (unpaired) electrons. The van der Waals surface area contributed by atoms with E-state index >= 15 is 0 Å². The summed E-state index contributed by atoms with van der Waals surface area (Å²) in [4.78, 5) is 2.41. The van der Waals surface area contributed by atoms with E-state index in [4.69, 9.17) is 0 Å². The van der Waals surface area contributed by atoms with Gasteiger partial charge in [-0.15, -0.1) is 0 Å². The van der Waals surface area contributed by atoms with Crippen LogP contribution in [0.3, 0.4) is 0 Å². The van der Waals surface area contributed by atoms with Crippen LogP contribution in [0.15, 0.2) is 48.5 Å². The third kappa shape index (κ3) is 4.11. The summed E-state index contributed by atoms with van der Waals surface area (Å²) in [5.41, 5.74) is 3.57. The Kier molecular flexibility index (Phi) is 4.99. The van der Waals surface area contributed by atoms with E-state index in [1.54, 1.807) is 0 Å². The lowest BCUT2D eigenvalue weighted by atomic mass is 10.2. The van der Waals surface area contributed by atoms with Gasteiger partial charge < -0.3 is 5.32 Å². The monoisotopic (exact) mass is 253 g/mol. The molecule has 0 aliphatic rings. The number of hydrogen-bond acceptors (Lipinski definition) is 2. The zero-order valence-electron chi connectivity index (χ0n) is 11.7. The molecule has 19 heavy (non-hydrogen) atoms. The molecule has 0 spiro atoms. The van der Waals surface area contributed by atoms with Gasteiger partial charge in [-0.1, -0.05) is 38.1 Å². The van der Waals surface area contributed by atoms with Gasteiger partial charge in [0.05, 0.1) is 0 Å². The molecule has 0 aromatic heterocycles. The highest BCUT2D eigenvalue weighted by molar-refractivity contribution is 5.59. The summed E-state index contributed by atoms with van der Waals surface area (Å²) in [5, 5.41) is 3.38. The summed E-state index contributed by atoms with van der Waals surface area (Å²) >= 11 is 0.